The van der Waals surface area contributed by atoms with Gasteiger partial charge in [-0.25, -0.2) is 24.7 Å². The van der Waals surface area contributed by atoms with Gasteiger partial charge in [0, 0.05) is 27.1 Å². The van der Waals surface area contributed by atoms with Crippen LogP contribution in [0.15, 0.2) is 97.1 Å². The van der Waals surface area contributed by atoms with Crippen LogP contribution in [0.4, 0.5) is 0 Å². The number of carboxylic acids is 1. The predicted molar refractivity (Wildman–Crippen MR) is 452 cm³/mol. The molecule has 6 saturated heterocycles. The lowest BCUT2D eigenvalue weighted by Gasteiger charge is -2.57. The monoisotopic (exact) mass is 1870 g/mol. The van der Waals surface area contributed by atoms with Gasteiger partial charge in [0.25, 0.3) is 0 Å². The molecule has 0 aromatic heterocycles. The zero-order chi connectivity index (χ0) is 91.4. The molecule has 2 saturated carbocycles. The average molecular weight is 1870 g/mol. The highest BCUT2D eigenvalue weighted by Gasteiger charge is 2.69. The van der Waals surface area contributed by atoms with E-state index >= 15 is 0 Å². The molecule has 8 fully saturated rings. The molecule has 36 nitrogen and oxygen atoms in total. The summed E-state index contributed by atoms with van der Waals surface area (Å²) < 4.78 is 182. The van der Waals surface area contributed by atoms with Crippen molar-refractivity contribution < 1.29 is 169 Å². The summed E-state index contributed by atoms with van der Waals surface area (Å²) in [5.41, 5.74) is 3.05. The van der Waals surface area contributed by atoms with Crippen molar-refractivity contribution in [3.8, 4) is 0 Å². The number of carboxylic acid groups (broad SMARTS) is 1. The number of carbonyl (C=O) groups is 3. The number of methoxy groups -OCH3 is 2. The third-order valence-corrected chi connectivity index (χ3v) is 25.7. The van der Waals surface area contributed by atoms with Gasteiger partial charge in [0.2, 0.25) is 5.60 Å². The molecule has 0 amide bonds. The lowest BCUT2D eigenvalue weighted by molar-refractivity contribution is -0.439. The molecule has 8 unspecified atom stereocenters. The Kier molecular flexibility index (Phi) is 38.3. The first-order valence-electron chi connectivity index (χ1n) is 42.7. The molecule has 6 aliphatic heterocycles. The summed E-state index contributed by atoms with van der Waals surface area (Å²) >= 11 is 0.117. The minimum absolute atomic E-state index is 0.0193. The molecule has 8 aliphatic rings. The quantitative estimate of drug-likeness (QED) is 0.00685. The number of hydrogen-bond donors (Lipinski definition) is 5. The third kappa shape index (κ3) is 28.6. The molecule has 20 atom stereocenters. The van der Waals surface area contributed by atoms with E-state index in [4.69, 9.17) is 106 Å². The first-order chi connectivity index (χ1) is 60.5. The van der Waals surface area contributed by atoms with Crippen molar-refractivity contribution in [3.05, 3.63) is 142 Å². The molecule has 2 aliphatic carbocycles. The largest absolute Gasteiger partial charge is 0.479 e. The minimum atomic E-state index is -5.28. The van der Waals surface area contributed by atoms with Crippen LogP contribution in [0, 0.1) is 11.8 Å². The lowest BCUT2D eigenvalue weighted by atomic mass is 9.83. The van der Waals surface area contributed by atoms with Crippen molar-refractivity contribution in [3.63, 3.8) is 0 Å². The van der Waals surface area contributed by atoms with Crippen molar-refractivity contribution in [2.75, 3.05) is 40.6 Å². The zero-order valence-corrected chi connectivity index (χ0v) is 77.3. The number of ether oxygens (including phenoxy) is 16. The molecule has 6 heterocycles. The van der Waals surface area contributed by atoms with E-state index < -0.39 is 177 Å². The van der Waals surface area contributed by atoms with Crippen LogP contribution in [0.2, 0.25) is 0 Å². The van der Waals surface area contributed by atoms with Gasteiger partial charge in [-0.2, -0.15) is 8.42 Å². The van der Waals surface area contributed by atoms with E-state index in [1.165, 1.54) is 14.2 Å². The first-order valence-corrected chi connectivity index (χ1v) is 46.1. The van der Waals surface area contributed by atoms with Crippen LogP contribution < -0.4 is 0 Å². The molecule has 0 spiro atoms. The predicted octanol–water partition coefficient (Wildman–Crippen LogP) is 14.0. The number of aliphatic carboxylic acids is 1. The summed E-state index contributed by atoms with van der Waals surface area (Å²) in [4.78, 5) is 42.9. The van der Waals surface area contributed by atoms with Gasteiger partial charge in [-0.15, -0.1) is 13.0 Å². The fraction of sp³-hybridized carbons (Fsp3) is 0.690. The fourth-order valence-corrected chi connectivity index (χ4v) is 18.2. The van der Waals surface area contributed by atoms with E-state index in [0.717, 1.165) is 73.6 Å². The van der Waals surface area contributed by atoms with Crippen LogP contribution in [0.1, 0.15) is 205 Å². The van der Waals surface area contributed by atoms with Crippen LogP contribution in [0.3, 0.4) is 0 Å². The molecule has 2 bridgehead atoms. The van der Waals surface area contributed by atoms with Crippen molar-refractivity contribution in [2.24, 2.45) is 11.8 Å². The number of rotatable bonds is 46. The van der Waals surface area contributed by atoms with Crippen molar-refractivity contribution in [1.29, 1.82) is 0 Å². The Bertz CT molecular complexity index is 4120. The van der Waals surface area contributed by atoms with Gasteiger partial charge in [0.15, 0.2) is 74.3 Å². The van der Waals surface area contributed by atoms with Gasteiger partial charge >= 0.3 is 28.3 Å². The van der Waals surface area contributed by atoms with Gasteiger partial charge in [-0.05, 0) is 90.8 Å². The molecular weight excluding hydrogens is 1750 g/mol. The van der Waals surface area contributed by atoms with Gasteiger partial charge in [0.05, 0.1) is 39.6 Å². The van der Waals surface area contributed by atoms with E-state index in [2.05, 4.69) is 98.2 Å². The number of carbonyl (C=O) groups excluding carboxylic acids is 2. The van der Waals surface area contributed by atoms with Crippen molar-refractivity contribution in [1.82, 2.24) is 0 Å². The summed E-state index contributed by atoms with van der Waals surface area (Å²) in [6, 6.07) is 30.7. The van der Waals surface area contributed by atoms with E-state index in [9.17, 15) is 48.2 Å². The van der Waals surface area contributed by atoms with Crippen LogP contribution in [-0.2, 0) is 194 Å². The maximum absolute atomic E-state index is 14.7. The van der Waals surface area contributed by atoms with Gasteiger partial charge in [0.1, 0.15) is 92.6 Å². The van der Waals surface area contributed by atoms with Gasteiger partial charge in [-0.1, -0.05) is 247 Å². The summed E-state index contributed by atoms with van der Waals surface area (Å²) in [7, 11) is -2.74. The van der Waals surface area contributed by atoms with Gasteiger partial charge < -0.3 is 80.9 Å². The van der Waals surface area contributed by atoms with Crippen molar-refractivity contribution in [2.45, 2.75) is 331 Å². The fourth-order valence-electron chi connectivity index (χ4n) is 16.8. The maximum atomic E-state index is 14.7. The van der Waals surface area contributed by atoms with Crippen molar-refractivity contribution >= 4 is 65.3 Å². The highest BCUT2D eigenvalue weighted by atomic mass is 32.3. The average Bonchev–Trinajstić information content (AvgIpc) is 1.10. The minimum Gasteiger partial charge on any atom is -0.479 e. The molecule has 0 radical (unpaired) electrons. The molecule has 4 aromatic carbocycles. The summed E-state index contributed by atoms with van der Waals surface area (Å²) in [6.07, 6.45) is -22.2. The Labute approximate surface area is 754 Å². The Balaban J connectivity index is 0.993. The van der Waals surface area contributed by atoms with Crippen LogP contribution in [0.25, 0.3) is 0 Å². The second-order valence-electron chi connectivity index (χ2n) is 36.9. The second kappa shape index (κ2) is 47.4. The number of benzene rings is 4. The van der Waals surface area contributed by atoms with E-state index in [1.807, 2.05) is 97.1 Å². The first kappa shape index (κ1) is 103. The molecule has 127 heavy (non-hydrogen) atoms. The number of hydrogen-bond acceptors (Lipinski definition) is 37. The highest BCUT2D eigenvalue weighted by molar-refractivity contribution is 7.90. The normalized spacial score (nSPS) is 29.4. The van der Waals surface area contributed by atoms with Crippen LogP contribution in [-0.4, -0.2) is 215 Å². The third-order valence-electron chi connectivity index (χ3n) is 24.0. The standard InChI is InChI=1S/C87H124O36S4/c1-83(2,3)57-33-23-53(24-34-57)43-102-66-63(49-107-127(95,96)97)110-79(73(105-46-56-29-39-60(40-30-56)86(10,11)12)69(66)103-44-54-25-35-58(36-26-54)84(4,5)6)111-68-62(48-101-65(89)42-32-52-21-17-18-22-52)109-80(76(117-126-123-120-94)71(68)115-124-121-118-92)113-77-72(98-13)74-81(114-87(77,50-106-74)82(90)91)112-67-61(47-100-64(88)41-31-51-19-15-16-20-51)108-78(99-14)75(116-125-122-119-93)70(67)104-45-55-27-37-59(38-28-55)85(7,8)9/h23-30,33-40,51-52,61-63,66-81,92-94H,15-22,31-32,41-50H2,1-14H3,(H,90,91)(H,95,96,97)/t61?,62?,63?,66-,67-,68-,69-,70-,71-,72?,73?,74+,75?,76?,77+,78+,79-,80-,81-,87?/m0/s1. The van der Waals surface area contributed by atoms with E-state index in [0.29, 0.717) is 41.0 Å². The molecule has 4 aromatic rings. The smallest absolute Gasteiger partial charge is 0.397 e. The second-order valence-corrected chi connectivity index (χ2v) is 39.4. The number of esters is 2. The Morgan fingerprint density at radius 2 is 0.787 bits per heavy atom. The van der Waals surface area contributed by atoms with Crippen LogP contribution in [0.5, 0.6) is 0 Å². The summed E-state index contributed by atoms with van der Waals surface area (Å²) in [5, 5.41) is 52.7. The molecule has 5 N–H and O–H groups in total. The van der Waals surface area contributed by atoms with Gasteiger partial charge in [-0.3, -0.25) is 26.7 Å². The zero-order valence-electron chi connectivity index (χ0n) is 74.0. The van der Waals surface area contributed by atoms with E-state index in [1.54, 1.807) is 0 Å². The molecular formula is C87H124O36S4. The van der Waals surface area contributed by atoms with E-state index in [-0.39, 0.29) is 104 Å². The summed E-state index contributed by atoms with van der Waals surface area (Å²) in [6.45, 7) is 21.2. The number of fused-ring (bicyclic) bond motifs is 3. The molecule has 712 valence electrons. The SMILES string of the molecule is COC1[C@H]2OCC(C(=O)O)(O[C@@H]2O[C@H]2C(COC(=O)CCC3CCCC3)O[C@@H](OC)C(OSOOO)[C@H]2OCc2ccc(C(C)(C)C)cc2)[C@@H]1O[C@@H]1OC(COC(=O)CCC2CCCC2)[C@H](O[C@@H]2OC(COS(=O)(=O)O)[C@H](OCc3ccc(C(C)(C)C)cc3)[C@H](OCc3ccc(C(C)(C)C)cc3)C2OCc2ccc(C(C)(C)C)cc2)[C@H](OSOOO)C1OSOOO. The Hall–Kier alpha value is -4.83. The Morgan fingerprint density at radius 3 is 1.17 bits per heavy atom. The lowest BCUT2D eigenvalue weighted by Crippen LogP contribution is -2.77. The topological polar surface area (TPSA) is 426 Å². The molecule has 40 heteroatoms. The van der Waals surface area contributed by atoms with Crippen LogP contribution >= 0.6 is 37.0 Å². The maximum Gasteiger partial charge on any atom is 0.397 e. The Morgan fingerprint density at radius 1 is 0.433 bits per heavy atom. The molecule has 12 rings (SSSR count). The highest BCUT2D eigenvalue weighted by Crippen LogP contribution is 2.48. The summed E-state index contributed by atoms with van der Waals surface area (Å²) in [5.74, 6) is -2.41.